The van der Waals surface area contributed by atoms with Gasteiger partial charge >= 0.3 is 0 Å². The van der Waals surface area contributed by atoms with Crippen LogP contribution in [0.5, 0.6) is 0 Å². The Morgan fingerprint density at radius 3 is 2.35 bits per heavy atom. The lowest BCUT2D eigenvalue weighted by Crippen LogP contribution is -2.66. The van der Waals surface area contributed by atoms with Gasteiger partial charge in [-0.05, 0) is 48.4 Å². The summed E-state index contributed by atoms with van der Waals surface area (Å²) < 4.78 is 0. The Kier molecular flexibility index (Phi) is 11.9. The van der Waals surface area contributed by atoms with Crippen LogP contribution in [0.2, 0.25) is 0 Å². The van der Waals surface area contributed by atoms with Crippen molar-refractivity contribution >= 4 is 46.4 Å². The first-order valence-corrected chi connectivity index (χ1v) is 17.1. The molecule has 5 amide bonds. The van der Waals surface area contributed by atoms with Gasteiger partial charge in [0.25, 0.3) is 0 Å². The van der Waals surface area contributed by atoms with Crippen molar-refractivity contribution in [3.05, 3.63) is 89.6 Å². The van der Waals surface area contributed by atoms with Gasteiger partial charge in [0.1, 0.15) is 23.7 Å². The Balaban J connectivity index is 1.41. The normalized spacial score (nSPS) is 16.8. The highest BCUT2D eigenvalue weighted by Crippen LogP contribution is 2.30. The number of nitrogens with two attached hydrogens (primary N) is 3. The fourth-order valence-electron chi connectivity index (χ4n) is 6.57. The number of nitrogens with one attached hydrogen (secondary N) is 6. The number of aromatic amines is 2. The Morgan fingerprint density at radius 2 is 1.63 bits per heavy atom. The first-order valence-electron chi connectivity index (χ1n) is 17.1. The molecule has 0 radical (unpaired) electrons. The number of hydrogen-bond acceptors (Lipinski definition) is 7. The molecule has 1 unspecified atom stereocenters. The van der Waals surface area contributed by atoms with Crippen LogP contribution in [0.15, 0.2) is 72.2 Å². The lowest BCUT2D eigenvalue weighted by Gasteiger charge is -2.39. The molecular formula is C36H45N11O5. The highest BCUT2D eigenvalue weighted by Gasteiger charge is 2.45. The van der Waals surface area contributed by atoms with Crippen LogP contribution in [0.3, 0.4) is 0 Å². The molecule has 0 bridgehead atoms. The van der Waals surface area contributed by atoms with E-state index in [0.717, 1.165) is 27.6 Å². The standard InChI is InChI=1S/C36H45N11O5/c1-21(48)44-30(16-25-19-40-20-43-25)33(51)47-36(13-12-22-7-2-3-8-23(22)17-36)34(52)46-28(11-6-14-41-35(38)39)32(50)45-29(31(37)49)15-24-18-42-27-10-5-4-9-26(24)27/h2-5,7-10,18-20,28-30,42H,6,11-17H2,1H3,(H2,37,49)(H,40,43)(H,44,48)(H,45,50)(H,46,52)(H,47,51)(H4,38,39,41)/t28-,29-,30-,36?/m0/s1. The summed E-state index contributed by atoms with van der Waals surface area (Å²) in [6, 6.07) is 11.9. The van der Waals surface area contributed by atoms with Crippen molar-refractivity contribution in [2.45, 2.75) is 75.5 Å². The molecule has 2 aromatic heterocycles. The number of amides is 5. The molecule has 1 aliphatic carbocycles. The van der Waals surface area contributed by atoms with Crippen LogP contribution in [-0.2, 0) is 49.7 Å². The number of para-hydroxylation sites is 1. The summed E-state index contributed by atoms with van der Waals surface area (Å²) in [5.41, 5.74) is 19.4. The third-order valence-electron chi connectivity index (χ3n) is 9.23. The summed E-state index contributed by atoms with van der Waals surface area (Å²) in [6.45, 7) is 1.48. The molecule has 2 aromatic carbocycles. The minimum Gasteiger partial charge on any atom is -0.370 e. The average Bonchev–Trinajstić information content (AvgIpc) is 3.78. The van der Waals surface area contributed by atoms with Crippen molar-refractivity contribution in [3.63, 3.8) is 0 Å². The topological polar surface area (TPSA) is 268 Å². The average molecular weight is 712 g/mol. The number of H-pyrrole nitrogens is 2. The molecule has 2 heterocycles. The van der Waals surface area contributed by atoms with E-state index in [1.165, 1.54) is 13.3 Å². The molecule has 1 aliphatic rings. The van der Waals surface area contributed by atoms with Gasteiger partial charge in [-0.3, -0.25) is 29.0 Å². The highest BCUT2D eigenvalue weighted by atomic mass is 16.2. The van der Waals surface area contributed by atoms with Crippen LogP contribution in [0.4, 0.5) is 0 Å². The van der Waals surface area contributed by atoms with Crippen LogP contribution in [0.1, 0.15) is 48.6 Å². The van der Waals surface area contributed by atoms with Crippen molar-refractivity contribution in [2.24, 2.45) is 22.2 Å². The van der Waals surface area contributed by atoms with Gasteiger partial charge < -0.3 is 48.4 Å². The maximum Gasteiger partial charge on any atom is 0.246 e. The number of aryl methyl sites for hydroxylation is 1. The molecule has 0 fully saturated rings. The number of rotatable bonds is 16. The second-order valence-electron chi connectivity index (χ2n) is 13.1. The second-order valence-corrected chi connectivity index (χ2v) is 13.1. The second kappa shape index (κ2) is 16.7. The molecule has 0 aliphatic heterocycles. The Labute approximate surface area is 300 Å². The van der Waals surface area contributed by atoms with Crippen LogP contribution in [0.25, 0.3) is 10.9 Å². The molecule has 16 nitrogen and oxygen atoms in total. The number of benzene rings is 2. The van der Waals surface area contributed by atoms with Gasteiger partial charge in [-0.1, -0.05) is 42.5 Å². The molecule has 16 heteroatoms. The third kappa shape index (κ3) is 9.32. The number of hydrogen-bond donors (Lipinski definition) is 9. The van der Waals surface area contributed by atoms with Gasteiger partial charge in [0, 0.05) is 61.7 Å². The number of fused-ring (bicyclic) bond motifs is 2. The van der Waals surface area contributed by atoms with E-state index in [1.54, 1.807) is 12.4 Å². The minimum absolute atomic E-state index is 0.0977. The Morgan fingerprint density at radius 1 is 0.885 bits per heavy atom. The number of imidazole rings is 1. The van der Waals surface area contributed by atoms with E-state index < -0.39 is 53.2 Å². The molecule has 12 N–H and O–H groups in total. The number of carbonyl (C=O) groups excluding carboxylic acids is 5. The van der Waals surface area contributed by atoms with Gasteiger partial charge in [0.2, 0.25) is 29.5 Å². The van der Waals surface area contributed by atoms with Crippen molar-refractivity contribution in [1.82, 2.24) is 36.2 Å². The SMILES string of the molecule is CC(=O)N[C@@H](Cc1cnc[nH]1)C(=O)NC1(C(=O)N[C@@H](CCCN=C(N)N)C(=O)N[C@@H](Cc2c[nH]c3ccccc23)C(N)=O)CCc2ccccc2C1. The molecule has 0 saturated heterocycles. The minimum atomic E-state index is -1.50. The largest absolute Gasteiger partial charge is 0.370 e. The number of carbonyl (C=O) groups is 5. The first kappa shape index (κ1) is 37.1. The van der Waals surface area contributed by atoms with Gasteiger partial charge in [0.15, 0.2) is 5.96 Å². The van der Waals surface area contributed by atoms with Crippen molar-refractivity contribution < 1.29 is 24.0 Å². The molecule has 0 saturated carbocycles. The summed E-state index contributed by atoms with van der Waals surface area (Å²) in [4.78, 5) is 81.3. The van der Waals surface area contributed by atoms with E-state index in [9.17, 15) is 24.0 Å². The van der Waals surface area contributed by atoms with E-state index >= 15 is 0 Å². The van der Waals surface area contributed by atoms with Gasteiger partial charge in [-0.15, -0.1) is 0 Å². The zero-order valence-corrected chi connectivity index (χ0v) is 28.9. The fourth-order valence-corrected chi connectivity index (χ4v) is 6.57. The lowest BCUT2D eigenvalue weighted by molar-refractivity contribution is -0.138. The molecular weight excluding hydrogens is 666 g/mol. The predicted molar refractivity (Wildman–Crippen MR) is 194 cm³/mol. The van der Waals surface area contributed by atoms with Crippen molar-refractivity contribution in [2.75, 3.05) is 6.54 Å². The van der Waals surface area contributed by atoms with E-state index in [4.69, 9.17) is 17.2 Å². The molecule has 0 spiro atoms. The van der Waals surface area contributed by atoms with E-state index in [2.05, 4.69) is 41.2 Å². The quantitative estimate of drug-likeness (QED) is 0.0423. The molecule has 4 atom stereocenters. The predicted octanol–water partition coefficient (Wildman–Crippen LogP) is -0.267. The van der Waals surface area contributed by atoms with Crippen LogP contribution in [0, 0.1) is 0 Å². The maximum atomic E-state index is 14.5. The summed E-state index contributed by atoms with van der Waals surface area (Å²) >= 11 is 0. The number of guanidine groups is 1. The number of primary amides is 1. The van der Waals surface area contributed by atoms with E-state index in [1.807, 2.05) is 48.5 Å². The zero-order valence-electron chi connectivity index (χ0n) is 28.9. The Hall–Kier alpha value is -6.19. The Bertz CT molecular complexity index is 1940. The van der Waals surface area contributed by atoms with Crippen LogP contribution in [-0.4, -0.2) is 80.7 Å². The van der Waals surface area contributed by atoms with Gasteiger partial charge in [0.05, 0.1) is 6.33 Å². The molecule has 5 rings (SSSR count). The third-order valence-corrected chi connectivity index (χ3v) is 9.23. The van der Waals surface area contributed by atoms with Crippen LogP contribution >= 0.6 is 0 Å². The van der Waals surface area contributed by atoms with Crippen molar-refractivity contribution in [3.8, 4) is 0 Å². The number of nitrogens with zero attached hydrogens (tertiary/aromatic N) is 2. The van der Waals surface area contributed by atoms with E-state index in [-0.39, 0.29) is 44.6 Å². The summed E-state index contributed by atoms with van der Waals surface area (Å²) in [5.74, 6) is -3.13. The summed E-state index contributed by atoms with van der Waals surface area (Å²) in [7, 11) is 0. The smallest absolute Gasteiger partial charge is 0.246 e. The summed E-state index contributed by atoms with van der Waals surface area (Å²) in [6.07, 6.45) is 6.18. The maximum absolute atomic E-state index is 14.5. The number of aliphatic imine (C=N–C) groups is 1. The lowest BCUT2D eigenvalue weighted by atomic mass is 9.76. The highest BCUT2D eigenvalue weighted by molar-refractivity contribution is 5.98. The van der Waals surface area contributed by atoms with Gasteiger partial charge in [-0.2, -0.15) is 0 Å². The first-order chi connectivity index (χ1) is 24.9. The zero-order chi connectivity index (χ0) is 37.3. The molecule has 274 valence electrons. The van der Waals surface area contributed by atoms with Crippen LogP contribution < -0.4 is 38.5 Å². The fraction of sp³-hybridized carbons (Fsp3) is 0.361. The molecule has 4 aromatic rings. The van der Waals surface area contributed by atoms with E-state index in [0.29, 0.717) is 18.5 Å². The monoisotopic (exact) mass is 711 g/mol. The molecule has 52 heavy (non-hydrogen) atoms. The van der Waals surface area contributed by atoms with Crippen molar-refractivity contribution in [1.29, 1.82) is 0 Å². The number of aromatic nitrogens is 3. The summed E-state index contributed by atoms with van der Waals surface area (Å²) in [5, 5.41) is 12.1. The van der Waals surface area contributed by atoms with Gasteiger partial charge in [-0.25, -0.2) is 4.98 Å².